The van der Waals surface area contributed by atoms with E-state index >= 15 is 0 Å². The van der Waals surface area contributed by atoms with Crippen molar-refractivity contribution in [2.24, 2.45) is 5.92 Å². The minimum Gasteiger partial charge on any atom is -0.466 e. The van der Waals surface area contributed by atoms with E-state index in [1.165, 1.54) is 0 Å². The zero-order valence-corrected chi connectivity index (χ0v) is 13.8. The molecule has 1 aromatic rings. The molecule has 1 aliphatic heterocycles. The first kappa shape index (κ1) is 15.5. The van der Waals surface area contributed by atoms with Gasteiger partial charge in [-0.1, -0.05) is 0 Å². The van der Waals surface area contributed by atoms with Crippen LogP contribution < -0.4 is 0 Å². The van der Waals surface area contributed by atoms with Gasteiger partial charge in [-0.05, 0) is 47.8 Å². The number of thiophene rings is 1. The van der Waals surface area contributed by atoms with E-state index in [0.717, 1.165) is 28.0 Å². The van der Waals surface area contributed by atoms with E-state index in [1.54, 1.807) is 23.2 Å². The van der Waals surface area contributed by atoms with Gasteiger partial charge in [0.2, 0.25) is 5.91 Å². The van der Waals surface area contributed by atoms with Gasteiger partial charge in [-0.25, -0.2) is 0 Å². The summed E-state index contributed by atoms with van der Waals surface area (Å²) >= 11 is 4.97. The first-order valence-corrected chi connectivity index (χ1v) is 8.39. The van der Waals surface area contributed by atoms with Crippen LogP contribution in [0, 0.1) is 5.92 Å². The number of nitrogens with zero attached hydrogens (tertiary/aromatic N) is 1. The number of hydrogen-bond donors (Lipinski definition) is 0. The lowest BCUT2D eigenvalue weighted by Crippen LogP contribution is -2.43. The monoisotopic (exact) mass is 359 g/mol. The Morgan fingerprint density at radius 2 is 2.30 bits per heavy atom. The first-order chi connectivity index (χ1) is 9.60. The van der Waals surface area contributed by atoms with E-state index in [-0.39, 0.29) is 17.8 Å². The lowest BCUT2D eigenvalue weighted by Gasteiger charge is -2.31. The molecule has 0 aliphatic carbocycles. The van der Waals surface area contributed by atoms with Gasteiger partial charge in [0.1, 0.15) is 0 Å². The second-order valence-corrected chi connectivity index (χ2v) is 7.36. The van der Waals surface area contributed by atoms with Crippen molar-refractivity contribution in [1.29, 1.82) is 0 Å². The van der Waals surface area contributed by atoms with Gasteiger partial charge < -0.3 is 9.64 Å². The Kier molecular flexibility index (Phi) is 5.60. The molecular formula is C14H18BrNO3S. The van der Waals surface area contributed by atoms with Crippen LogP contribution in [0.4, 0.5) is 0 Å². The van der Waals surface area contributed by atoms with Crippen molar-refractivity contribution in [3.63, 3.8) is 0 Å². The van der Waals surface area contributed by atoms with Crippen LogP contribution >= 0.6 is 27.3 Å². The molecule has 1 fully saturated rings. The van der Waals surface area contributed by atoms with Crippen LogP contribution in [0.3, 0.4) is 0 Å². The molecule has 1 amide bonds. The highest BCUT2D eigenvalue weighted by Crippen LogP contribution is 2.24. The second kappa shape index (κ2) is 7.22. The third-order valence-electron chi connectivity index (χ3n) is 3.35. The molecule has 0 saturated carbocycles. The average molecular weight is 360 g/mol. The Hall–Kier alpha value is -0.880. The topological polar surface area (TPSA) is 46.6 Å². The number of hydrogen-bond acceptors (Lipinski definition) is 4. The van der Waals surface area contributed by atoms with Gasteiger partial charge in [0, 0.05) is 18.0 Å². The fraction of sp³-hybridized carbons (Fsp3) is 0.571. The van der Waals surface area contributed by atoms with Crippen LogP contribution in [-0.2, 0) is 20.7 Å². The Morgan fingerprint density at radius 3 is 2.95 bits per heavy atom. The Balaban J connectivity index is 1.91. The maximum atomic E-state index is 12.3. The van der Waals surface area contributed by atoms with Gasteiger partial charge >= 0.3 is 5.97 Å². The van der Waals surface area contributed by atoms with Gasteiger partial charge in [0.25, 0.3) is 0 Å². The summed E-state index contributed by atoms with van der Waals surface area (Å²) in [4.78, 5) is 26.9. The summed E-state index contributed by atoms with van der Waals surface area (Å²) < 4.78 is 6.08. The van der Waals surface area contributed by atoms with Crippen LogP contribution in [-0.4, -0.2) is 36.5 Å². The molecule has 0 N–H and O–H groups in total. The molecule has 1 atom stereocenters. The molecule has 110 valence electrons. The molecule has 4 nitrogen and oxygen atoms in total. The number of esters is 1. The molecule has 6 heteroatoms. The second-order valence-electron chi connectivity index (χ2n) is 4.81. The minimum atomic E-state index is -0.177. The van der Waals surface area contributed by atoms with Crippen molar-refractivity contribution in [3.05, 3.63) is 20.8 Å². The van der Waals surface area contributed by atoms with Crippen LogP contribution in [0.15, 0.2) is 15.9 Å². The number of amides is 1. The van der Waals surface area contributed by atoms with Crippen molar-refractivity contribution in [3.8, 4) is 0 Å². The molecule has 1 aliphatic rings. The Bertz CT molecular complexity index is 489. The molecule has 2 rings (SSSR count). The number of carbonyl (C=O) groups excluding carboxylic acids is 2. The predicted octanol–water partition coefficient (Wildman–Crippen LogP) is 2.85. The molecular weight excluding hydrogens is 342 g/mol. The fourth-order valence-corrected chi connectivity index (χ4v) is 3.84. The molecule has 0 spiro atoms. The summed E-state index contributed by atoms with van der Waals surface area (Å²) in [5, 5.41) is 0. The third kappa shape index (κ3) is 4.06. The summed E-state index contributed by atoms with van der Waals surface area (Å²) in [6.45, 7) is 3.43. The van der Waals surface area contributed by atoms with Crippen molar-refractivity contribution in [1.82, 2.24) is 4.90 Å². The van der Waals surface area contributed by atoms with Gasteiger partial charge in [-0.15, -0.1) is 11.3 Å². The van der Waals surface area contributed by atoms with E-state index in [9.17, 15) is 9.59 Å². The van der Waals surface area contributed by atoms with E-state index in [1.807, 2.05) is 12.1 Å². The van der Waals surface area contributed by atoms with Crippen LogP contribution in [0.5, 0.6) is 0 Å². The number of rotatable bonds is 4. The first-order valence-electron chi connectivity index (χ1n) is 6.78. The smallest absolute Gasteiger partial charge is 0.310 e. The quantitative estimate of drug-likeness (QED) is 0.776. The van der Waals surface area contributed by atoms with Crippen LogP contribution in [0.2, 0.25) is 0 Å². The summed E-state index contributed by atoms with van der Waals surface area (Å²) in [6, 6.07) is 3.91. The maximum absolute atomic E-state index is 12.3. The Labute approximate surface area is 131 Å². The lowest BCUT2D eigenvalue weighted by atomic mass is 9.98. The number of carbonyl (C=O) groups is 2. The van der Waals surface area contributed by atoms with Crippen molar-refractivity contribution in [2.75, 3.05) is 19.7 Å². The summed E-state index contributed by atoms with van der Waals surface area (Å²) in [6.07, 6.45) is 2.09. The summed E-state index contributed by atoms with van der Waals surface area (Å²) in [5.74, 6) is -0.250. The minimum absolute atomic E-state index is 0.0911. The predicted molar refractivity (Wildman–Crippen MR) is 81.7 cm³/mol. The summed E-state index contributed by atoms with van der Waals surface area (Å²) in [5.41, 5.74) is 0. The van der Waals surface area contributed by atoms with Gasteiger partial charge in [-0.3, -0.25) is 9.59 Å². The number of piperidine rings is 1. The zero-order valence-electron chi connectivity index (χ0n) is 11.4. The van der Waals surface area contributed by atoms with Gasteiger partial charge in [-0.2, -0.15) is 0 Å². The maximum Gasteiger partial charge on any atom is 0.310 e. The summed E-state index contributed by atoms with van der Waals surface area (Å²) in [7, 11) is 0. The number of halogens is 1. The van der Waals surface area contributed by atoms with E-state index < -0.39 is 0 Å². The third-order valence-corrected chi connectivity index (χ3v) is 4.97. The zero-order chi connectivity index (χ0) is 14.5. The van der Waals surface area contributed by atoms with Gasteiger partial charge in [0.05, 0.1) is 22.7 Å². The number of ether oxygens (including phenoxy) is 1. The number of likely N-dealkylation sites (tertiary alicyclic amines) is 1. The molecule has 0 bridgehead atoms. The lowest BCUT2D eigenvalue weighted by molar-refractivity contribution is -0.151. The largest absolute Gasteiger partial charge is 0.466 e. The van der Waals surface area contributed by atoms with Crippen molar-refractivity contribution < 1.29 is 14.3 Å². The molecule has 2 heterocycles. The fourth-order valence-electron chi connectivity index (χ4n) is 2.36. The highest BCUT2D eigenvalue weighted by molar-refractivity contribution is 9.11. The Morgan fingerprint density at radius 1 is 1.50 bits per heavy atom. The molecule has 20 heavy (non-hydrogen) atoms. The van der Waals surface area contributed by atoms with Crippen LogP contribution in [0.25, 0.3) is 0 Å². The van der Waals surface area contributed by atoms with E-state index in [0.29, 0.717) is 19.6 Å². The molecule has 1 unspecified atom stereocenters. The van der Waals surface area contributed by atoms with E-state index in [2.05, 4.69) is 15.9 Å². The average Bonchev–Trinajstić information content (AvgIpc) is 2.84. The van der Waals surface area contributed by atoms with Crippen molar-refractivity contribution in [2.45, 2.75) is 26.2 Å². The molecule has 1 aromatic heterocycles. The normalized spacial score (nSPS) is 18.9. The highest BCUT2D eigenvalue weighted by Gasteiger charge is 2.29. The SMILES string of the molecule is CCOC(=O)C1CCCN(C(=O)Cc2ccc(Br)s2)C1. The molecule has 0 radical (unpaired) electrons. The van der Waals surface area contributed by atoms with Crippen LogP contribution in [0.1, 0.15) is 24.6 Å². The van der Waals surface area contributed by atoms with E-state index in [4.69, 9.17) is 4.74 Å². The molecule has 1 saturated heterocycles. The standard InChI is InChI=1S/C14H18BrNO3S/c1-2-19-14(18)10-4-3-7-16(9-10)13(17)8-11-5-6-12(15)20-11/h5-6,10H,2-4,7-9H2,1H3. The van der Waals surface area contributed by atoms with Gasteiger partial charge in [0.15, 0.2) is 0 Å². The molecule has 0 aromatic carbocycles. The highest BCUT2D eigenvalue weighted by atomic mass is 79.9. The van der Waals surface area contributed by atoms with Crippen molar-refractivity contribution >= 4 is 39.1 Å².